The SMILES string of the molecule is COc1ccc(C)cc1S(=O)(=O)NCCC(O)C1CC1. The summed E-state index contributed by atoms with van der Waals surface area (Å²) >= 11 is 0. The van der Waals surface area contributed by atoms with Gasteiger partial charge in [0.25, 0.3) is 0 Å². The molecule has 0 aromatic heterocycles. The van der Waals surface area contributed by atoms with Crippen molar-refractivity contribution in [1.82, 2.24) is 4.72 Å². The molecule has 20 heavy (non-hydrogen) atoms. The molecular formula is C14H21NO4S. The van der Waals surface area contributed by atoms with Gasteiger partial charge in [-0.25, -0.2) is 13.1 Å². The number of nitrogens with one attached hydrogen (secondary N) is 1. The first kappa shape index (κ1) is 15.3. The third kappa shape index (κ3) is 3.71. The van der Waals surface area contributed by atoms with Crippen LogP contribution >= 0.6 is 0 Å². The van der Waals surface area contributed by atoms with Crippen LogP contribution in [0.1, 0.15) is 24.8 Å². The van der Waals surface area contributed by atoms with Crippen molar-refractivity contribution < 1.29 is 18.3 Å². The Morgan fingerprint density at radius 2 is 2.15 bits per heavy atom. The zero-order valence-corrected chi connectivity index (χ0v) is 12.6. The van der Waals surface area contributed by atoms with Gasteiger partial charge in [0.1, 0.15) is 10.6 Å². The molecule has 0 aliphatic heterocycles. The molecule has 1 aromatic rings. The molecule has 0 radical (unpaired) electrons. The van der Waals surface area contributed by atoms with Crippen LogP contribution in [0.4, 0.5) is 0 Å². The Balaban J connectivity index is 2.03. The number of aliphatic hydroxyl groups excluding tert-OH is 1. The Morgan fingerprint density at radius 3 is 2.75 bits per heavy atom. The van der Waals surface area contributed by atoms with E-state index in [-0.39, 0.29) is 11.4 Å². The Bertz CT molecular complexity index is 567. The van der Waals surface area contributed by atoms with E-state index < -0.39 is 16.1 Å². The Labute approximate surface area is 120 Å². The summed E-state index contributed by atoms with van der Waals surface area (Å²) < 4.78 is 32.1. The first-order valence-corrected chi connectivity index (χ1v) is 8.24. The van der Waals surface area contributed by atoms with Crippen LogP contribution in [0.5, 0.6) is 5.75 Å². The molecule has 2 N–H and O–H groups in total. The van der Waals surface area contributed by atoms with Crippen LogP contribution in [0, 0.1) is 12.8 Å². The summed E-state index contributed by atoms with van der Waals surface area (Å²) in [5.41, 5.74) is 0.851. The van der Waals surface area contributed by atoms with Crippen LogP contribution in [-0.2, 0) is 10.0 Å². The maximum absolute atomic E-state index is 12.3. The predicted molar refractivity (Wildman–Crippen MR) is 76.3 cm³/mol. The fraction of sp³-hybridized carbons (Fsp3) is 0.571. The second-order valence-electron chi connectivity index (χ2n) is 5.25. The van der Waals surface area contributed by atoms with E-state index in [9.17, 15) is 13.5 Å². The number of aryl methyl sites for hydroxylation is 1. The highest BCUT2D eigenvalue weighted by Crippen LogP contribution is 2.33. The van der Waals surface area contributed by atoms with E-state index in [0.717, 1.165) is 18.4 Å². The van der Waals surface area contributed by atoms with Crippen molar-refractivity contribution in [2.45, 2.75) is 37.2 Å². The van der Waals surface area contributed by atoms with E-state index >= 15 is 0 Å². The molecule has 1 fully saturated rings. The molecule has 1 aromatic carbocycles. The number of ether oxygens (including phenoxy) is 1. The second-order valence-corrected chi connectivity index (χ2v) is 6.98. The normalized spacial score (nSPS) is 16.9. The number of aliphatic hydroxyl groups is 1. The highest BCUT2D eigenvalue weighted by atomic mass is 32.2. The summed E-state index contributed by atoms with van der Waals surface area (Å²) in [6.07, 6.45) is 2.12. The highest BCUT2D eigenvalue weighted by molar-refractivity contribution is 7.89. The van der Waals surface area contributed by atoms with Gasteiger partial charge in [0.2, 0.25) is 10.0 Å². The number of benzene rings is 1. The molecule has 112 valence electrons. The van der Waals surface area contributed by atoms with E-state index in [1.807, 2.05) is 6.92 Å². The topological polar surface area (TPSA) is 75.6 Å². The van der Waals surface area contributed by atoms with Crippen molar-refractivity contribution in [3.8, 4) is 5.75 Å². The molecule has 0 amide bonds. The summed E-state index contributed by atoms with van der Waals surface area (Å²) in [6.45, 7) is 2.06. The quantitative estimate of drug-likeness (QED) is 0.799. The van der Waals surface area contributed by atoms with Gasteiger partial charge in [0.05, 0.1) is 13.2 Å². The molecule has 0 bridgehead atoms. The minimum absolute atomic E-state index is 0.140. The zero-order chi connectivity index (χ0) is 14.8. The van der Waals surface area contributed by atoms with Gasteiger partial charge in [-0.15, -0.1) is 0 Å². The average Bonchev–Trinajstić information content (AvgIpc) is 3.22. The maximum atomic E-state index is 12.3. The highest BCUT2D eigenvalue weighted by Gasteiger charge is 2.29. The van der Waals surface area contributed by atoms with Crippen molar-refractivity contribution in [1.29, 1.82) is 0 Å². The molecule has 1 aliphatic carbocycles. The molecular weight excluding hydrogens is 278 g/mol. The van der Waals surface area contributed by atoms with Gasteiger partial charge < -0.3 is 9.84 Å². The third-order valence-corrected chi connectivity index (χ3v) is 4.99. The molecule has 1 saturated carbocycles. The summed E-state index contributed by atoms with van der Waals surface area (Å²) in [6, 6.07) is 5.02. The van der Waals surface area contributed by atoms with Crippen molar-refractivity contribution in [3.63, 3.8) is 0 Å². The number of hydrogen-bond acceptors (Lipinski definition) is 4. The number of methoxy groups -OCH3 is 1. The first-order chi connectivity index (χ1) is 9.44. The maximum Gasteiger partial charge on any atom is 0.244 e. The summed E-state index contributed by atoms with van der Waals surface area (Å²) in [5, 5.41) is 9.74. The monoisotopic (exact) mass is 299 g/mol. The standard InChI is InChI=1S/C14H21NO4S/c1-10-3-6-13(19-2)14(9-10)20(17,18)15-8-7-12(16)11-4-5-11/h3,6,9,11-12,15-16H,4-5,7-8H2,1-2H3. The molecule has 2 rings (SSSR count). The fourth-order valence-corrected chi connectivity index (χ4v) is 3.43. The second kappa shape index (κ2) is 6.11. The van der Waals surface area contributed by atoms with E-state index in [4.69, 9.17) is 4.74 Å². The van der Waals surface area contributed by atoms with Gasteiger partial charge in [-0.05, 0) is 49.8 Å². The predicted octanol–water partition coefficient (Wildman–Crippen LogP) is 1.44. The van der Waals surface area contributed by atoms with Gasteiger partial charge in [-0.1, -0.05) is 6.07 Å². The lowest BCUT2D eigenvalue weighted by Gasteiger charge is -2.13. The summed E-state index contributed by atoms with van der Waals surface area (Å²) in [5.74, 6) is 0.679. The third-order valence-electron chi connectivity index (χ3n) is 3.51. The Morgan fingerprint density at radius 1 is 1.45 bits per heavy atom. The van der Waals surface area contributed by atoms with Crippen molar-refractivity contribution in [2.24, 2.45) is 5.92 Å². The van der Waals surface area contributed by atoms with Gasteiger partial charge >= 0.3 is 0 Å². The molecule has 0 spiro atoms. The van der Waals surface area contributed by atoms with Crippen LogP contribution in [0.15, 0.2) is 23.1 Å². The molecule has 5 nitrogen and oxygen atoms in total. The molecule has 1 aliphatic rings. The van der Waals surface area contributed by atoms with Crippen molar-refractivity contribution in [2.75, 3.05) is 13.7 Å². The zero-order valence-electron chi connectivity index (χ0n) is 11.8. The number of rotatable bonds is 7. The molecule has 1 unspecified atom stereocenters. The van der Waals surface area contributed by atoms with Crippen LogP contribution in [0.2, 0.25) is 0 Å². The minimum Gasteiger partial charge on any atom is -0.495 e. The largest absolute Gasteiger partial charge is 0.495 e. The lowest BCUT2D eigenvalue weighted by Crippen LogP contribution is -2.28. The smallest absolute Gasteiger partial charge is 0.244 e. The lowest BCUT2D eigenvalue weighted by molar-refractivity contribution is 0.143. The van der Waals surface area contributed by atoms with Crippen molar-refractivity contribution in [3.05, 3.63) is 23.8 Å². The van der Waals surface area contributed by atoms with E-state index in [1.165, 1.54) is 7.11 Å². The van der Waals surface area contributed by atoms with Gasteiger partial charge in [0.15, 0.2) is 0 Å². The van der Waals surface area contributed by atoms with E-state index in [0.29, 0.717) is 18.1 Å². The van der Waals surface area contributed by atoms with Crippen LogP contribution in [0.25, 0.3) is 0 Å². The molecule has 0 heterocycles. The van der Waals surface area contributed by atoms with Gasteiger partial charge in [0, 0.05) is 6.54 Å². The minimum atomic E-state index is -3.61. The first-order valence-electron chi connectivity index (χ1n) is 6.76. The molecule has 0 saturated heterocycles. The van der Waals surface area contributed by atoms with Gasteiger partial charge in [-0.3, -0.25) is 0 Å². The van der Waals surface area contributed by atoms with Crippen LogP contribution in [0.3, 0.4) is 0 Å². The van der Waals surface area contributed by atoms with Crippen LogP contribution in [-0.4, -0.2) is 33.3 Å². The lowest BCUT2D eigenvalue weighted by atomic mass is 10.2. The Hall–Kier alpha value is -1.11. The number of hydrogen-bond donors (Lipinski definition) is 2. The van der Waals surface area contributed by atoms with Crippen LogP contribution < -0.4 is 9.46 Å². The van der Waals surface area contributed by atoms with Gasteiger partial charge in [-0.2, -0.15) is 0 Å². The van der Waals surface area contributed by atoms with E-state index in [2.05, 4.69) is 4.72 Å². The van der Waals surface area contributed by atoms with Crippen molar-refractivity contribution >= 4 is 10.0 Å². The molecule has 1 atom stereocenters. The molecule has 6 heteroatoms. The summed E-state index contributed by atoms with van der Waals surface area (Å²) in [7, 11) is -2.17. The fourth-order valence-electron chi connectivity index (χ4n) is 2.13. The summed E-state index contributed by atoms with van der Waals surface area (Å²) in [4.78, 5) is 0.140. The average molecular weight is 299 g/mol. The van der Waals surface area contributed by atoms with E-state index in [1.54, 1.807) is 18.2 Å². The number of sulfonamides is 1. The Kier molecular flexibility index (Phi) is 4.67.